The number of aliphatic hydroxyl groups is 1. The van der Waals surface area contributed by atoms with Gasteiger partial charge in [-0.1, -0.05) is 13.8 Å². The minimum absolute atomic E-state index is 0.101. The van der Waals surface area contributed by atoms with Gasteiger partial charge in [-0.15, -0.1) is 0 Å². The zero-order valence-electron chi connectivity index (χ0n) is 7.00. The van der Waals surface area contributed by atoms with Crippen molar-refractivity contribution in [1.82, 2.24) is 0 Å². The van der Waals surface area contributed by atoms with Gasteiger partial charge in [0, 0.05) is 11.5 Å². The van der Waals surface area contributed by atoms with Gasteiger partial charge in [0.15, 0.2) is 5.78 Å². The fourth-order valence-corrected chi connectivity index (χ4v) is 1.50. The number of rotatable bonds is 0. The molecule has 1 rings (SSSR count). The highest BCUT2D eigenvalue weighted by Gasteiger charge is 2.27. The van der Waals surface area contributed by atoms with Crippen LogP contribution >= 0.6 is 0 Å². The summed E-state index contributed by atoms with van der Waals surface area (Å²) in [4.78, 5) is 11.3. The summed E-state index contributed by atoms with van der Waals surface area (Å²) < 4.78 is 0. The second kappa shape index (κ2) is 3.07. The average molecular weight is 154 g/mol. The van der Waals surface area contributed by atoms with Gasteiger partial charge in [-0.2, -0.15) is 0 Å². The molecule has 0 spiro atoms. The number of ketones is 1. The molecule has 0 amide bonds. The van der Waals surface area contributed by atoms with Crippen LogP contribution in [0.3, 0.4) is 0 Å². The van der Waals surface area contributed by atoms with Gasteiger partial charge in [0.25, 0.3) is 0 Å². The zero-order valence-corrected chi connectivity index (χ0v) is 7.00. The Bertz CT molecular complexity index is 194. The summed E-state index contributed by atoms with van der Waals surface area (Å²) in [6.45, 7) is 3.89. The van der Waals surface area contributed by atoms with E-state index in [-0.39, 0.29) is 17.6 Å². The predicted octanol–water partition coefficient (Wildman–Crippen LogP) is 2.06. The third-order valence-corrected chi connectivity index (χ3v) is 2.43. The van der Waals surface area contributed by atoms with E-state index in [2.05, 4.69) is 0 Å². The van der Waals surface area contributed by atoms with Gasteiger partial charge in [-0.3, -0.25) is 4.79 Å². The van der Waals surface area contributed by atoms with Crippen LogP contribution in [-0.2, 0) is 4.79 Å². The summed E-state index contributed by atoms with van der Waals surface area (Å²) in [5, 5.41) is 8.77. The number of aliphatic hydroxyl groups excluding tert-OH is 1. The second-order valence-corrected chi connectivity index (χ2v) is 3.33. The van der Waals surface area contributed by atoms with Crippen molar-refractivity contribution in [3.63, 3.8) is 0 Å². The average Bonchev–Trinajstić information content (AvgIpc) is 1.99. The predicted molar refractivity (Wildman–Crippen MR) is 43.3 cm³/mol. The topological polar surface area (TPSA) is 37.3 Å². The SMILES string of the molecule is C[C@@H]1CC[C@@H](C)/C(=C/O)C1=O. The third kappa shape index (κ3) is 1.44. The molecule has 0 heterocycles. The minimum atomic E-state index is 0.101. The molecule has 0 aliphatic heterocycles. The molecule has 0 aromatic carbocycles. The van der Waals surface area contributed by atoms with E-state index in [9.17, 15) is 4.79 Å². The summed E-state index contributed by atoms with van der Waals surface area (Å²) in [7, 11) is 0. The summed E-state index contributed by atoms with van der Waals surface area (Å²) >= 11 is 0. The lowest BCUT2D eigenvalue weighted by Crippen LogP contribution is -2.24. The number of allylic oxidation sites excluding steroid dienone is 1. The third-order valence-electron chi connectivity index (χ3n) is 2.43. The van der Waals surface area contributed by atoms with Gasteiger partial charge in [-0.25, -0.2) is 0 Å². The maximum absolute atomic E-state index is 11.3. The Balaban J connectivity index is 2.80. The number of hydrogen-bond acceptors (Lipinski definition) is 2. The first kappa shape index (κ1) is 8.31. The van der Waals surface area contributed by atoms with E-state index in [4.69, 9.17) is 5.11 Å². The van der Waals surface area contributed by atoms with Crippen LogP contribution in [0.4, 0.5) is 0 Å². The summed E-state index contributed by atoms with van der Waals surface area (Å²) in [6.07, 6.45) is 2.94. The van der Waals surface area contributed by atoms with Crippen molar-refractivity contribution in [2.45, 2.75) is 26.7 Å². The molecule has 1 saturated carbocycles. The fraction of sp³-hybridized carbons (Fsp3) is 0.667. The van der Waals surface area contributed by atoms with E-state index in [0.29, 0.717) is 5.57 Å². The Kier molecular flexibility index (Phi) is 2.32. The molecule has 2 heteroatoms. The molecule has 62 valence electrons. The van der Waals surface area contributed by atoms with E-state index < -0.39 is 0 Å². The number of carbonyl (C=O) groups is 1. The molecule has 1 fully saturated rings. The Hall–Kier alpha value is -0.790. The van der Waals surface area contributed by atoms with Crippen LogP contribution in [0.15, 0.2) is 11.8 Å². The van der Waals surface area contributed by atoms with E-state index in [0.717, 1.165) is 19.1 Å². The van der Waals surface area contributed by atoms with E-state index in [1.165, 1.54) is 0 Å². The van der Waals surface area contributed by atoms with Crippen molar-refractivity contribution >= 4 is 5.78 Å². The summed E-state index contributed by atoms with van der Waals surface area (Å²) in [5.74, 6) is 0.458. The lowest BCUT2D eigenvalue weighted by atomic mass is 9.79. The van der Waals surface area contributed by atoms with Gasteiger partial charge < -0.3 is 5.11 Å². The summed E-state index contributed by atoms with van der Waals surface area (Å²) in [6, 6.07) is 0. The van der Waals surface area contributed by atoms with Gasteiger partial charge in [0.2, 0.25) is 0 Å². The molecule has 0 unspecified atom stereocenters. The number of hydrogen-bond donors (Lipinski definition) is 1. The Labute approximate surface area is 66.9 Å². The zero-order chi connectivity index (χ0) is 8.43. The smallest absolute Gasteiger partial charge is 0.164 e. The molecule has 2 atom stereocenters. The van der Waals surface area contributed by atoms with Crippen molar-refractivity contribution in [3.05, 3.63) is 11.8 Å². The highest BCUT2D eigenvalue weighted by Crippen LogP contribution is 2.29. The van der Waals surface area contributed by atoms with Crippen LogP contribution in [-0.4, -0.2) is 10.9 Å². The standard InChI is InChI=1S/C9H14O2/c1-6-3-4-7(2)9(11)8(6)5-10/h5-7,10H,3-4H2,1-2H3/b8-5-/t6-,7-/m1/s1. The molecule has 0 radical (unpaired) electrons. The van der Waals surface area contributed by atoms with E-state index in [1.807, 2.05) is 13.8 Å². The maximum atomic E-state index is 11.3. The largest absolute Gasteiger partial charge is 0.515 e. The van der Waals surface area contributed by atoms with E-state index >= 15 is 0 Å². The van der Waals surface area contributed by atoms with E-state index in [1.54, 1.807) is 0 Å². The monoisotopic (exact) mass is 154 g/mol. The molecule has 11 heavy (non-hydrogen) atoms. The lowest BCUT2D eigenvalue weighted by Gasteiger charge is -2.24. The highest BCUT2D eigenvalue weighted by molar-refractivity contribution is 5.97. The van der Waals surface area contributed by atoms with Crippen LogP contribution in [0, 0.1) is 11.8 Å². The molecular formula is C9H14O2. The molecule has 0 aromatic heterocycles. The summed E-state index contributed by atoms with van der Waals surface area (Å²) in [5.41, 5.74) is 0.601. The molecule has 0 bridgehead atoms. The van der Waals surface area contributed by atoms with Crippen molar-refractivity contribution in [2.75, 3.05) is 0 Å². The maximum Gasteiger partial charge on any atom is 0.164 e. The lowest BCUT2D eigenvalue weighted by molar-refractivity contribution is -0.120. The normalized spacial score (nSPS) is 36.2. The molecule has 2 nitrogen and oxygen atoms in total. The van der Waals surface area contributed by atoms with Crippen LogP contribution in [0.5, 0.6) is 0 Å². The van der Waals surface area contributed by atoms with Gasteiger partial charge >= 0.3 is 0 Å². The van der Waals surface area contributed by atoms with Crippen LogP contribution in [0.1, 0.15) is 26.7 Å². The first-order chi connectivity index (χ1) is 5.16. The molecule has 0 aromatic rings. The van der Waals surface area contributed by atoms with Crippen LogP contribution < -0.4 is 0 Å². The van der Waals surface area contributed by atoms with Crippen LogP contribution in [0.25, 0.3) is 0 Å². The Morgan fingerprint density at radius 1 is 1.36 bits per heavy atom. The van der Waals surface area contributed by atoms with Crippen LogP contribution in [0.2, 0.25) is 0 Å². The number of carbonyl (C=O) groups excluding carboxylic acids is 1. The Morgan fingerprint density at radius 2 is 1.91 bits per heavy atom. The fourth-order valence-electron chi connectivity index (χ4n) is 1.50. The molecule has 1 N–H and O–H groups in total. The highest BCUT2D eigenvalue weighted by atomic mass is 16.2. The van der Waals surface area contributed by atoms with Gasteiger partial charge in [0.05, 0.1) is 6.26 Å². The second-order valence-electron chi connectivity index (χ2n) is 3.33. The Morgan fingerprint density at radius 3 is 2.36 bits per heavy atom. The first-order valence-corrected chi connectivity index (χ1v) is 4.05. The van der Waals surface area contributed by atoms with Crippen molar-refractivity contribution in [3.8, 4) is 0 Å². The molecule has 1 aliphatic carbocycles. The van der Waals surface area contributed by atoms with Gasteiger partial charge in [0.1, 0.15) is 0 Å². The molecule has 0 saturated heterocycles. The molecule has 1 aliphatic rings. The van der Waals surface area contributed by atoms with Crippen molar-refractivity contribution in [2.24, 2.45) is 11.8 Å². The van der Waals surface area contributed by atoms with Crippen molar-refractivity contribution < 1.29 is 9.90 Å². The first-order valence-electron chi connectivity index (χ1n) is 4.05. The minimum Gasteiger partial charge on any atom is -0.515 e. The quantitative estimate of drug-likeness (QED) is 0.428. The van der Waals surface area contributed by atoms with Crippen molar-refractivity contribution in [1.29, 1.82) is 0 Å². The molecular weight excluding hydrogens is 140 g/mol. The number of Topliss-reactive ketones (excluding diaryl/α,β-unsaturated/α-hetero) is 1. The van der Waals surface area contributed by atoms with Gasteiger partial charge in [-0.05, 0) is 18.8 Å².